The molecule has 70 valence electrons. The van der Waals surface area contributed by atoms with E-state index in [-0.39, 0.29) is 16.4 Å². The zero-order chi connectivity index (χ0) is 10.0. The summed E-state index contributed by atoms with van der Waals surface area (Å²) in [4.78, 5) is 10.7. The molecular weight excluding hydrogens is 300 g/mol. The number of halogens is 2. The van der Waals surface area contributed by atoms with E-state index >= 15 is 0 Å². The van der Waals surface area contributed by atoms with Crippen LogP contribution in [0.15, 0.2) is 22.7 Å². The van der Waals surface area contributed by atoms with Crippen molar-refractivity contribution in [1.29, 1.82) is 0 Å². The number of alkyl halides is 1. The zero-order valence-electron chi connectivity index (χ0n) is 6.92. The van der Waals surface area contributed by atoms with Gasteiger partial charge in [0.15, 0.2) is 0 Å². The smallest absolute Gasteiger partial charge is 0.147 e. The van der Waals surface area contributed by atoms with Crippen molar-refractivity contribution in [2.24, 2.45) is 0 Å². The quantitative estimate of drug-likeness (QED) is 0.852. The van der Waals surface area contributed by atoms with E-state index in [1.807, 2.05) is 0 Å². The van der Waals surface area contributed by atoms with Crippen LogP contribution in [0.4, 0.5) is 0 Å². The maximum absolute atomic E-state index is 11.0. The molecule has 0 aliphatic heterocycles. The summed E-state index contributed by atoms with van der Waals surface area (Å²) in [5.74, 6) is 0.160. The molecule has 0 saturated carbocycles. The van der Waals surface area contributed by atoms with Crippen molar-refractivity contribution in [3.8, 4) is 5.75 Å². The number of Topliss-reactive ketones (excluding diaryl/α,β-unsaturated/α-hetero) is 1. The van der Waals surface area contributed by atoms with Crippen LogP contribution < -0.4 is 0 Å². The van der Waals surface area contributed by atoms with Gasteiger partial charge in [-0.05, 0) is 30.7 Å². The Balaban J connectivity index is 3.07. The Morgan fingerprint density at radius 2 is 2.08 bits per heavy atom. The minimum atomic E-state index is -0.351. The van der Waals surface area contributed by atoms with E-state index < -0.39 is 0 Å². The Morgan fingerprint density at radius 1 is 1.46 bits per heavy atom. The van der Waals surface area contributed by atoms with Gasteiger partial charge in [-0.15, -0.1) is 0 Å². The third kappa shape index (κ3) is 2.81. The minimum Gasteiger partial charge on any atom is -0.508 e. The summed E-state index contributed by atoms with van der Waals surface area (Å²) in [6, 6.07) is 4.93. The number of phenolic OH excluding ortho intramolecular Hbond substituents is 1. The lowest BCUT2D eigenvalue weighted by Gasteiger charge is -2.07. The molecule has 13 heavy (non-hydrogen) atoms. The zero-order valence-corrected chi connectivity index (χ0v) is 10.1. The van der Waals surface area contributed by atoms with Crippen LogP contribution in [0, 0.1) is 0 Å². The number of carbonyl (C=O) groups excluding carboxylic acids is 1. The van der Waals surface area contributed by atoms with Crippen molar-refractivity contribution in [1.82, 2.24) is 0 Å². The van der Waals surface area contributed by atoms with Crippen molar-refractivity contribution in [2.45, 2.75) is 11.8 Å². The molecule has 2 nitrogen and oxygen atoms in total. The lowest BCUT2D eigenvalue weighted by molar-refractivity contribution is -0.116. The standard InChI is InChI=1S/C9H8Br2O2/c1-5(12)9(11)6-2-7(10)4-8(13)3-6/h2-4,9,13H,1H3. The van der Waals surface area contributed by atoms with E-state index in [4.69, 9.17) is 0 Å². The van der Waals surface area contributed by atoms with Crippen molar-refractivity contribution in [2.75, 3.05) is 0 Å². The normalized spacial score (nSPS) is 12.5. The second-order valence-corrected chi connectivity index (χ2v) is 4.55. The molecule has 0 heterocycles. The van der Waals surface area contributed by atoms with Gasteiger partial charge in [0.2, 0.25) is 0 Å². The first-order valence-electron chi connectivity index (χ1n) is 3.64. The first kappa shape index (κ1) is 10.7. The first-order valence-corrected chi connectivity index (χ1v) is 5.35. The third-order valence-electron chi connectivity index (χ3n) is 1.55. The topological polar surface area (TPSA) is 37.3 Å². The molecule has 0 aliphatic carbocycles. The molecular formula is C9H8Br2O2. The van der Waals surface area contributed by atoms with Crippen molar-refractivity contribution in [3.05, 3.63) is 28.2 Å². The number of hydrogen-bond donors (Lipinski definition) is 1. The fraction of sp³-hybridized carbons (Fsp3) is 0.222. The second kappa shape index (κ2) is 4.24. The second-order valence-electron chi connectivity index (χ2n) is 2.72. The van der Waals surface area contributed by atoms with Crippen molar-refractivity contribution < 1.29 is 9.90 Å². The fourth-order valence-corrected chi connectivity index (χ4v) is 1.74. The van der Waals surface area contributed by atoms with Crippen LogP contribution in [0.1, 0.15) is 17.3 Å². The monoisotopic (exact) mass is 306 g/mol. The van der Waals surface area contributed by atoms with Gasteiger partial charge in [-0.25, -0.2) is 0 Å². The summed E-state index contributed by atoms with van der Waals surface area (Å²) in [5.41, 5.74) is 0.749. The van der Waals surface area contributed by atoms with Gasteiger partial charge in [0.25, 0.3) is 0 Å². The van der Waals surface area contributed by atoms with Crippen LogP contribution in [0.2, 0.25) is 0 Å². The summed E-state index contributed by atoms with van der Waals surface area (Å²) in [6.45, 7) is 1.50. The number of carbonyl (C=O) groups is 1. The SMILES string of the molecule is CC(=O)C(Br)c1cc(O)cc(Br)c1. The Kier molecular flexibility index (Phi) is 3.50. The first-order chi connectivity index (χ1) is 6.00. The lowest BCUT2D eigenvalue weighted by atomic mass is 10.1. The summed E-state index contributed by atoms with van der Waals surface area (Å²) < 4.78 is 0.758. The van der Waals surface area contributed by atoms with Crippen LogP contribution in [-0.4, -0.2) is 10.9 Å². The Morgan fingerprint density at radius 3 is 2.54 bits per heavy atom. The highest BCUT2D eigenvalue weighted by atomic mass is 79.9. The Hall–Kier alpha value is -0.350. The maximum Gasteiger partial charge on any atom is 0.147 e. The third-order valence-corrected chi connectivity index (χ3v) is 3.19. The average Bonchev–Trinajstić information content (AvgIpc) is 2.01. The highest BCUT2D eigenvalue weighted by Gasteiger charge is 2.13. The van der Waals surface area contributed by atoms with Crippen LogP contribution in [0.3, 0.4) is 0 Å². The molecule has 0 aromatic heterocycles. The fourth-order valence-electron chi connectivity index (χ4n) is 0.977. The molecule has 1 N–H and O–H groups in total. The van der Waals surface area contributed by atoms with Gasteiger partial charge >= 0.3 is 0 Å². The van der Waals surface area contributed by atoms with Gasteiger partial charge in [-0.3, -0.25) is 4.79 Å². The minimum absolute atomic E-state index is 0.0116. The van der Waals surface area contributed by atoms with Crippen molar-refractivity contribution >= 4 is 37.6 Å². The van der Waals surface area contributed by atoms with Gasteiger partial charge in [0.1, 0.15) is 11.5 Å². The molecule has 1 atom stereocenters. The Bertz CT molecular complexity index is 316. The van der Waals surface area contributed by atoms with Crippen LogP contribution in [0.5, 0.6) is 5.75 Å². The van der Waals surface area contributed by atoms with Gasteiger partial charge < -0.3 is 5.11 Å². The molecule has 0 aliphatic rings. The van der Waals surface area contributed by atoms with Gasteiger partial charge in [0.05, 0.1) is 4.83 Å². The van der Waals surface area contributed by atoms with Crippen LogP contribution >= 0.6 is 31.9 Å². The van der Waals surface area contributed by atoms with Gasteiger partial charge in [-0.2, -0.15) is 0 Å². The van der Waals surface area contributed by atoms with Crippen molar-refractivity contribution in [3.63, 3.8) is 0 Å². The lowest BCUT2D eigenvalue weighted by Crippen LogP contribution is -2.00. The van der Waals surface area contributed by atoms with E-state index in [0.717, 1.165) is 10.0 Å². The predicted molar refractivity (Wildman–Crippen MR) is 58.2 cm³/mol. The van der Waals surface area contributed by atoms with Crippen LogP contribution in [-0.2, 0) is 4.79 Å². The number of aromatic hydroxyl groups is 1. The maximum atomic E-state index is 11.0. The summed E-state index contributed by atoms with van der Waals surface area (Å²) in [5, 5.41) is 9.26. The van der Waals surface area contributed by atoms with E-state index in [0.29, 0.717) is 0 Å². The van der Waals surface area contributed by atoms with E-state index in [1.54, 1.807) is 18.2 Å². The summed E-state index contributed by atoms with van der Waals surface area (Å²) >= 11 is 6.48. The molecule has 0 amide bonds. The van der Waals surface area contributed by atoms with Gasteiger partial charge in [-0.1, -0.05) is 31.9 Å². The number of benzene rings is 1. The molecule has 1 unspecified atom stereocenters. The molecule has 0 radical (unpaired) electrons. The highest BCUT2D eigenvalue weighted by molar-refractivity contribution is 9.10. The number of rotatable bonds is 2. The number of ketones is 1. The average molecular weight is 308 g/mol. The highest BCUT2D eigenvalue weighted by Crippen LogP contribution is 2.29. The van der Waals surface area contributed by atoms with Crippen LogP contribution in [0.25, 0.3) is 0 Å². The molecule has 1 rings (SSSR count). The molecule has 1 aromatic rings. The molecule has 0 saturated heterocycles. The predicted octanol–water partition coefficient (Wildman–Crippen LogP) is 3.18. The van der Waals surface area contributed by atoms with E-state index in [2.05, 4.69) is 31.9 Å². The van der Waals surface area contributed by atoms with E-state index in [9.17, 15) is 9.90 Å². The van der Waals surface area contributed by atoms with Gasteiger partial charge in [0, 0.05) is 4.47 Å². The number of hydrogen-bond acceptors (Lipinski definition) is 2. The Labute approximate surface area is 93.2 Å². The largest absolute Gasteiger partial charge is 0.508 e. The summed E-state index contributed by atoms with van der Waals surface area (Å²) in [6.07, 6.45) is 0. The molecule has 0 spiro atoms. The molecule has 0 fully saturated rings. The molecule has 0 bridgehead atoms. The molecule has 1 aromatic carbocycles. The van der Waals surface area contributed by atoms with E-state index in [1.165, 1.54) is 6.92 Å². The summed E-state index contributed by atoms with van der Waals surface area (Å²) in [7, 11) is 0. The number of phenols is 1. The molecule has 4 heteroatoms.